The average molecular weight is 488 g/mol. The van der Waals surface area contributed by atoms with Gasteiger partial charge in [-0.1, -0.05) is 48.9 Å². The van der Waals surface area contributed by atoms with E-state index >= 15 is 4.39 Å². The van der Waals surface area contributed by atoms with Crippen molar-refractivity contribution in [3.8, 4) is 5.69 Å². The van der Waals surface area contributed by atoms with Crippen LogP contribution in [0.2, 0.25) is 5.02 Å². The smallest absolute Gasteiger partial charge is 0.261 e. The number of amides is 2. The number of fused-ring (bicyclic) bond motifs is 1. The quantitative estimate of drug-likeness (QED) is 0.275. The van der Waals surface area contributed by atoms with Gasteiger partial charge in [-0.2, -0.15) is 0 Å². The highest BCUT2D eigenvalue weighted by molar-refractivity contribution is 6.31. The van der Waals surface area contributed by atoms with Crippen LogP contribution in [0.25, 0.3) is 5.69 Å². The predicted molar refractivity (Wildman–Crippen MR) is 128 cm³/mol. The molecule has 8 heteroatoms. The monoisotopic (exact) mass is 487 g/mol. The molecule has 0 aliphatic carbocycles. The molecule has 3 aromatic carbocycles. The van der Waals surface area contributed by atoms with Crippen molar-refractivity contribution in [1.82, 2.24) is 14.5 Å². The van der Waals surface area contributed by atoms with E-state index in [0.29, 0.717) is 33.8 Å². The summed E-state index contributed by atoms with van der Waals surface area (Å²) in [5.74, 6) is -1.67. The van der Waals surface area contributed by atoms with E-state index in [9.17, 15) is 14.4 Å². The molecule has 0 radical (unpaired) electrons. The minimum Gasteiger partial charge on any atom is -0.298 e. The highest BCUT2D eigenvalue weighted by atomic mass is 35.5. The van der Waals surface area contributed by atoms with Gasteiger partial charge in [0.05, 0.1) is 29.1 Å². The fourth-order valence-corrected chi connectivity index (χ4v) is 4.39. The Morgan fingerprint density at radius 3 is 2.31 bits per heavy atom. The molecule has 0 unspecified atom stereocenters. The molecule has 0 saturated heterocycles. The molecule has 5 rings (SSSR count). The summed E-state index contributed by atoms with van der Waals surface area (Å²) in [4.78, 5) is 44.8. The van der Waals surface area contributed by atoms with Crippen molar-refractivity contribution in [2.45, 2.75) is 19.9 Å². The molecule has 1 aromatic heterocycles. The van der Waals surface area contributed by atoms with E-state index < -0.39 is 23.4 Å². The largest absolute Gasteiger partial charge is 0.298 e. The maximum absolute atomic E-state index is 15.3. The molecule has 0 bridgehead atoms. The predicted octanol–water partition coefficient (Wildman–Crippen LogP) is 5.25. The first-order chi connectivity index (χ1) is 16.9. The summed E-state index contributed by atoms with van der Waals surface area (Å²) in [6.45, 7) is 1.71. The van der Waals surface area contributed by atoms with Crippen LogP contribution in [0.1, 0.15) is 55.1 Å². The zero-order valence-corrected chi connectivity index (χ0v) is 19.4. The molecule has 4 aromatic rings. The standard InChI is InChI=1S/C27H19ClFN3O3/c1-2-18-14-31(23(30-18)15-32-26(34)19-9-3-4-10-20(19)27(32)35)24-21(11-6-12-22(24)29)25(33)16-7-5-8-17(28)13-16/h3-14H,2,15H2,1H3. The summed E-state index contributed by atoms with van der Waals surface area (Å²) in [6.07, 6.45) is 2.16. The summed E-state index contributed by atoms with van der Waals surface area (Å²) in [6, 6.07) is 17.2. The van der Waals surface area contributed by atoms with Crippen LogP contribution < -0.4 is 0 Å². The van der Waals surface area contributed by atoms with Crippen molar-refractivity contribution in [3.05, 3.63) is 118 Å². The number of rotatable bonds is 6. The van der Waals surface area contributed by atoms with Gasteiger partial charge in [-0.25, -0.2) is 9.37 Å². The number of ketones is 1. The summed E-state index contributed by atoms with van der Waals surface area (Å²) in [7, 11) is 0. The van der Waals surface area contributed by atoms with Crippen LogP contribution in [-0.4, -0.2) is 32.0 Å². The third-order valence-corrected chi connectivity index (χ3v) is 6.16. The minimum atomic E-state index is -0.637. The van der Waals surface area contributed by atoms with Gasteiger partial charge in [0.2, 0.25) is 0 Å². The Bertz CT molecular complexity index is 1480. The summed E-state index contributed by atoms with van der Waals surface area (Å²) in [5.41, 5.74) is 1.67. The lowest BCUT2D eigenvalue weighted by Crippen LogP contribution is -2.30. The number of carbonyl (C=O) groups excluding carboxylic acids is 3. The molecule has 1 aliphatic heterocycles. The number of hydrogen-bond acceptors (Lipinski definition) is 4. The van der Waals surface area contributed by atoms with E-state index in [0.717, 1.165) is 4.90 Å². The van der Waals surface area contributed by atoms with E-state index in [1.54, 1.807) is 48.7 Å². The number of para-hydroxylation sites is 1. The number of imidazole rings is 1. The van der Waals surface area contributed by atoms with Gasteiger partial charge in [0.15, 0.2) is 5.78 Å². The van der Waals surface area contributed by atoms with Gasteiger partial charge in [0.1, 0.15) is 11.6 Å². The third-order valence-electron chi connectivity index (χ3n) is 5.93. The lowest BCUT2D eigenvalue weighted by molar-refractivity contribution is 0.0637. The van der Waals surface area contributed by atoms with Crippen LogP contribution >= 0.6 is 11.6 Å². The van der Waals surface area contributed by atoms with Crippen LogP contribution in [0.5, 0.6) is 0 Å². The van der Waals surface area contributed by atoms with Crippen LogP contribution in [0.4, 0.5) is 4.39 Å². The second kappa shape index (κ2) is 8.92. The molecule has 174 valence electrons. The topological polar surface area (TPSA) is 72.3 Å². The molecule has 0 spiro atoms. The maximum atomic E-state index is 15.3. The fraction of sp³-hybridized carbons (Fsp3) is 0.111. The molecular weight excluding hydrogens is 469 g/mol. The average Bonchev–Trinajstić information content (AvgIpc) is 3.38. The number of aryl methyl sites for hydroxylation is 1. The minimum absolute atomic E-state index is 0.00344. The fourth-order valence-electron chi connectivity index (χ4n) is 4.20. The van der Waals surface area contributed by atoms with Crippen LogP contribution in [-0.2, 0) is 13.0 Å². The summed E-state index contributed by atoms with van der Waals surface area (Å²) < 4.78 is 16.7. The Labute approximate surface area is 205 Å². The number of halogens is 2. The molecule has 35 heavy (non-hydrogen) atoms. The van der Waals surface area contributed by atoms with E-state index in [4.69, 9.17) is 11.6 Å². The second-order valence-electron chi connectivity index (χ2n) is 8.09. The first-order valence-electron chi connectivity index (χ1n) is 11.0. The Hall–Kier alpha value is -4.10. The Kier molecular flexibility index (Phi) is 5.78. The van der Waals surface area contributed by atoms with Gasteiger partial charge >= 0.3 is 0 Å². The van der Waals surface area contributed by atoms with E-state index in [1.807, 2.05) is 6.92 Å². The van der Waals surface area contributed by atoms with Gasteiger partial charge in [-0.3, -0.25) is 23.9 Å². The first-order valence-corrected chi connectivity index (χ1v) is 11.4. The van der Waals surface area contributed by atoms with E-state index in [-0.39, 0.29) is 23.6 Å². The number of aromatic nitrogens is 2. The number of benzene rings is 3. The zero-order valence-electron chi connectivity index (χ0n) is 18.7. The van der Waals surface area contributed by atoms with Crippen molar-refractivity contribution in [1.29, 1.82) is 0 Å². The van der Waals surface area contributed by atoms with Crippen molar-refractivity contribution >= 4 is 29.2 Å². The van der Waals surface area contributed by atoms with Crippen LogP contribution in [0.15, 0.2) is 72.9 Å². The molecule has 2 amide bonds. The van der Waals surface area contributed by atoms with Crippen molar-refractivity contribution in [2.75, 3.05) is 0 Å². The third kappa shape index (κ3) is 3.94. The molecule has 0 atom stereocenters. The normalized spacial score (nSPS) is 12.8. The molecule has 0 fully saturated rings. The molecular formula is C27H19ClFN3O3. The van der Waals surface area contributed by atoms with Gasteiger partial charge in [-0.15, -0.1) is 0 Å². The highest BCUT2D eigenvalue weighted by Gasteiger charge is 2.36. The molecule has 2 heterocycles. The number of carbonyl (C=O) groups is 3. The summed E-state index contributed by atoms with van der Waals surface area (Å²) in [5, 5.41) is 0.385. The lowest BCUT2D eigenvalue weighted by atomic mass is 10.0. The van der Waals surface area contributed by atoms with Crippen molar-refractivity contribution in [2.24, 2.45) is 0 Å². The van der Waals surface area contributed by atoms with E-state index in [2.05, 4.69) is 4.98 Å². The van der Waals surface area contributed by atoms with Gasteiger partial charge in [-0.05, 0) is 42.8 Å². The molecule has 0 N–H and O–H groups in total. The van der Waals surface area contributed by atoms with Gasteiger partial charge in [0.25, 0.3) is 11.8 Å². The molecule has 0 saturated carbocycles. The van der Waals surface area contributed by atoms with Gasteiger partial charge < -0.3 is 0 Å². The molecule has 6 nitrogen and oxygen atoms in total. The molecule has 1 aliphatic rings. The van der Waals surface area contributed by atoms with Crippen LogP contribution in [0, 0.1) is 5.82 Å². The second-order valence-corrected chi connectivity index (χ2v) is 8.53. The van der Waals surface area contributed by atoms with Crippen molar-refractivity contribution in [3.63, 3.8) is 0 Å². The number of hydrogen-bond donors (Lipinski definition) is 0. The SMILES string of the molecule is CCc1cn(-c2c(F)cccc2C(=O)c2cccc(Cl)c2)c(CN2C(=O)c3ccccc3C2=O)n1. The van der Waals surface area contributed by atoms with Gasteiger partial charge in [0, 0.05) is 22.3 Å². The number of imide groups is 1. The summed E-state index contributed by atoms with van der Waals surface area (Å²) >= 11 is 6.06. The zero-order chi connectivity index (χ0) is 24.7. The Morgan fingerprint density at radius 1 is 0.971 bits per heavy atom. The van der Waals surface area contributed by atoms with E-state index in [1.165, 1.54) is 28.8 Å². The highest BCUT2D eigenvalue weighted by Crippen LogP contribution is 2.28. The number of nitrogens with zero attached hydrogens (tertiary/aromatic N) is 3. The lowest BCUT2D eigenvalue weighted by Gasteiger charge is -2.17. The van der Waals surface area contributed by atoms with Crippen molar-refractivity contribution < 1.29 is 18.8 Å². The Balaban J connectivity index is 1.60. The van der Waals surface area contributed by atoms with Crippen LogP contribution in [0.3, 0.4) is 0 Å². The maximum Gasteiger partial charge on any atom is 0.261 e. The Morgan fingerprint density at radius 2 is 1.66 bits per heavy atom. The first kappa shape index (κ1) is 22.7.